The minimum absolute atomic E-state index is 0.326. The van der Waals surface area contributed by atoms with Crippen molar-refractivity contribution in [2.45, 2.75) is 19.3 Å². The number of rotatable bonds is 3. The highest BCUT2D eigenvalue weighted by Crippen LogP contribution is 2.20. The van der Waals surface area contributed by atoms with Gasteiger partial charge < -0.3 is 5.32 Å². The maximum Gasteiger partial charge on any atom is 0.173 e. The molecule has 1 aromatic heterocycles. The lowest BCUT2D eigenvalue weighted by molar-refractivity contribution is 0.0956. The molecule has 76 valence electrons. The van der Waals surface area contributed by atoms with Gasteiger partial charge in [0.1, 0.15) is 0 Å². The minimum atomic E-state index is 0.326. The van der Waals surface area contributed by atoms with Crippen LogP contribution in [0.5, 0.6) is 0 Å². The van der Waals surface area contributed by atoms with Crippen molar-refractivity contribution in [3.05, 3.63) is 22.4 Å². The van der Waals surface area contributed by atoms with Crippen LogP contribution in [0.25, 0.3) is 0 Å². The molecule has 0 atom stereocenters. The Morgan fingerprint density at radius 3 is 2.93 bits per heavy atom. The molecule has 0 aromatic carbocycles. The van der Waals surface area contributed by atoms with Crippen molar-refractivity contribution in [1.29, 1.82) is 0 Å². The summed E-state index contributed by atoms with van der Waals surface area (Å²) >= 11 is 1.55. The van der Waals surface area contributed by atoms with Crippen molar-refractivity contribution in [1.82, 2.24) is 5.32 Å². The molecule has 1 fully saturated rings. The van der Waals surface area contributed by atoms with Gasteiger partial charge in [-0.1, -0.05) is 6.07 Å². The lowest BCUT2D eigenvalue weighted by atomic mass is 9.92. The zero-order valence-electron chi connectivity index (χ0n) is 8.16. The van der Waals surface area contributed by atoms with Crippen molar-refractivity contribution >= 4 is 17.1 Å². The lowest BCUT2D eigenvalue weighted by Gasteiger charge is -2.21. The van der Waals surface area contributed by atoms with Gasteiger partial charge in [0.15, 0.2) is 5.78 Å². The molecule has 1 N–H and O–H groups in total. The van der Waals surface area contributed by atoms with Crippen LogP contribution in [-0.2, 0) is 0 Å². The number of piperidine rings is 1. The van der Waals surface area contributed by atoms with Crippen LogP contribution in [0.1, 0.15) is 28.9 Å². The van der Waals surface area contributed by atoms with Crippen LogP contribution in [0.2, 0.25) is 0 Å². The van der Waals surface area contributed by atoms with Gasteiger partial charge in [-0.3, -0.25) is 4.79 Å². The number of Topliss-reactive ketones (excluding diaryl/α,β-unsaturated/α-hetero) is 1. The molecule has 0 aliphatic carbocycles. The summed E-state index contributed by atoms with van der Waals surface area (Å²) < 4.78 is 0. The summed E-state index contributed by atoms with van der Waals surface area (Å²) in [7, 11) is 0. The van der Waals surface area contributed by atoms with Gasteiger partial charge in [0.05, 0.1) is 4.88 Å². The molecule has 1 aromatic rings. The smallest absolute Gasteiger partial charge is 0.173 e. The first-order valence-corrected chi connectivity index (χ1v) is 6.01. The first kappa shape index (κ1) is 9.87. The molecular formula is C11H15NOS. The van der Waals surface area contributed by atoms with Gasteiger partial charge in [0, 0.05) is 6.42 Å². The fraction of sp³-hybridized carbons (Fsp3) is 0.545. The molecule has 0 bridgehead atoms. The normalized spacial score (nSPS) is 18.3. The van der Waals surface area contributed by atoms with Crippen LogP contribution in [0.4, 0.5) is 0 Å². The van der Waals surface area contributed by atoms with Gasteiger partial charge in [-0.15, -0.1) is 11.3 Å². The van der Waals surface area contributed by atoms with Gasteiger partial charge >= 0.3 is 0 Å². The lowest BCUT2D eigenvalue weighted by Crippen LogP contribution is -2.28. The first-order chi connectivity index (χ1) is 6.86. The van der Waals surface area contributed by atoms with E-state index in [2.05, 4.69) is 5.32 Å². The summed E-state index contributed by atoms with van der Waals surface area (Å²) in [5, 5.41) is 5.28. The van der Waals surface area contributed by atoms with Gasteiger partial charge in [0.2, 0.25) is 0 Å². The highest BCUT2D eigenvalue weighted by Gasteiger charge is 2.17. The molecule has 3 heteroatoms. The molecule has 14 heavy (non-hydrogen) atoms. The van der Waals surface area contributed by atoms with E-state index < -0.39 is 0 Å². The highest BCUT2D eigenvalue weighted by atomic mass is 32.1. The van der Waals surface area contributed by atoms with Gasteiger partial charge in [-0.25, -0.2) is 0 Å². The van der Waals surface area contributed by atoms with Gasteiger partial charge in [-0.05, 0) is 43.3 Å². The quantitative estimate of drug-likeness (QED) is 0.774. The van der Waals surface area contributed by atoms with Crippen molar-refractivity contribution in [2.75, 3.05) is 13.1 Å². The standard InChI is InChI=1S/C11H15NOS/c13-10(11-2-1-7-14-11)8-9-3-5-12-6-4-9/h1-2,7,9,12H,3-6,8H2. The molecule has 1 aliphatic rings. The average Bonchev–Trinajstić information content (AvgIpc) is 2.72. The predicted octanol–water partition coefficient (Wildman–Crippen LogP) is 2.32. The number of hydrogen-bond donors (Lipinski definition) is 1. The average molecular weight is 209 g/mol. The molecule has 0 unspecified atom stereocenters. The Balaban J connectivity index is 1.87. The summed E-state index contributed by atoms with van der Waals surface area (Å²) in [4.78, 5) is 12.7. The Morgan fingerprint density at radius 1 is 1.50 bits per heavy atom. The monoisotopic (exact) mass is 209 g/mol. The zero-order chi connectivity index (χ0) is 9.80. The summed E-state index contributed by atoms with van der Waals surface area (Å²) in [6.45, 7) is 2.14. The van der Waals surface area contributed by atoms with E-state index in [4.69, 9.17) is 0 Å². The number of thiophene rings is 1. The molecule has 0 amide bonds. The maximum atomic E-state index is 11.8. The van der Waals surface area contributed by atoms with E-state index in [1.165, 1.54) is 0 Å². The van der Waals surface area contributed by atoms with Crippen LogP contribution in [0.3, 0.4) is 0 Å². The van der Waals surface area contributed by atoms with Crippen LogP contribution >= 0.6 is 11.3 Å². The Morgan fingerprint density at radius 2 is 2.29 bits per heavy atom. The third kappa shape index (κ3) is 2.42. The van der Waals surface area contributed by atoms with Gasteiger partial charge in [-0.2, -0.15) is 0 Å². The van der Waals surface area contributed by atoms with Crippen molar-refractivity contribution in [3.8, 4) is 0 Å². The van der Waals surface area contributed by atoms with Crippen LogP contribution in [0, 0.1) is 5.92 Å². The van der Waals surface area contributed by atoms with Crippen molar-refractivity contribution < 1.29 is 4.79 Å². The fourth-order valence-corrected chi connectivity index (χ4v) is 2.56. The summed E-state index contributed by atoms with van der Waals surface area (Å²) in [6.07, 6.45) is 3.04. The largest absolute Gasteiger partial charge is 0.317 e. The van der Waals surface area contributed by atoms with Crippen LogP contribution < -0.4 is 5.32 Å². The third-order valence-electron chi connectivity index (χ3n) is 2.73. The molecule has 0 radical (unpaired) electrons. The van der Waals surface area contributed by atoms with E-state index in [0.29, 0.717) is 11.7 Å². The van der Waals surface area contributed by atoms with E-state index in [9.17, 15) is 4.79 Å². The molecular weight excluding hydrogens is 194 g/mol. The van der Waals surface area contributed by atoms with Crippen LogP contribution in [0.15, 0.2) is 17.5 Å². The molecule has 0 spiro atoms. The molecule has 0 saturated carbocycles. The molecule has 1 saturated heterocycles. The number of nitrogens with one attached hydrogen (secondary N) is 1. The predicted molar refractivity (Wildman–Crippen MR) is 58.9 cm³/mol. The number of carbonyl (C=O) groups is 1. The number of carbonyl (C=O) groups excluding carboxylic acids is 1. The van der Waals surface area contributed by atoms with E-state index in [-0.39, 0.29) is 0 Å². The maximum absolute atomic E-state index is 11.8. The zero-order valence-corrected chi connectivity index (χ0v) is 8.98. The van der Waals surface area contributed by atoms with Crippen molar-refractivity contribution in [2.24, 2.45) is 5.92 Å². The molecule has 2 nitrogen and oxygen atoms in total. The van der Waals surface area contributed by atoms with Crippen molar-refractivity contribution in [3.63, 3.8) is 0 Å². The summed E-state index contributed by atoms with van der Waals surface area (Å²) in [5.74, 6) is 0.928. The number of ketones is 1. The molecule has 1 aliphatic heterocycles. The first-order valence-electron chi connectivity index (χ1n) is 5.13. The second-order valence-electron chi connectivity index (χ2n) is 3.80. The SMILES string of the molecule is O=C(CC1CCNCC1)c1cccs1. The fourth-order valence-electron chi connectivity index (χ4n) is 1.89. The molecule has 2 rings (SSSR count). The van der Waals surface area contributed by atoms with E-state index in [0.717, 1.165) is 37.2 Å². The third-order valence-corrected chi connectivity index (χ3v) is 3.64. The highest BCUT2D eigenvalue weighted by molar-refractivity contribution is 7.12. The molecule has 2 heterocycles. The van der Waals surface area contributed by atoms with E-state index in [1.807, 2.05) is 17.5 Å². The Kier molecular flexibility index (Phi) is 3.32. The summed E-state index contributed by atoms with van der Waals surface area (Å²) in [6, 6.07) is 3.87. The van der Waals surface area contributed by atoms with E-state index in [1.54, 1.807) is 11.3 Å². The second kappa shape index (κ2) is 4.71. The summed E-state index contributed by atoms with van der Waals surface area (Å²) in [5.41, 5.74) is 0. The topological polar surface area (TPSA) is 29.1 Å². The minimum Gasteiger partial charge on any atom is -0.317 e. The Hall–Kier alpha value is -0.670. The Labute approximate surface area is 88.3 Å². The number of hydrogen-bond acceptors (Lipinski definition) is 3. The van der Waals surface area contributed by atoms with Gasteiger partial charge in [0.25, 0.3) is 0 Å². The second-order valence-corrected chi connectivity index (χ2v) is 4.75. The van der Waals surface area contributed by atoms with Crippen LogP contribution in [-0.4, -0.2) is 18.9 Å². The van der Waals surface area contributed by atoms with E-state index >= 15 is 0 Å². The Bertz CT molecular complexity index is 288.